The minimum atomic E-state index is -2.80. The molecule has 0 saturated carbocycles. The van der Waals surface area contributed by atoms with Crippen LogP contribution in [0.1, 0.15) is 38.2 Å². The van der Waals surface area contributed by atoms with Crippen LogP contribution in [0.5, 0.6) is 5.75 Å². The molecule has 0 radical (unpaired) electrons. The van der Waals surface area contributed by atoms with Crippen LogP contribution in [0.4, 0.5) is 8.78 Å². The van der Waals surface area contributed by atoms with Gasteiger partial charge in [-0.05, 0) is 69.3 Å². The third-order valence-corrected chi connectivity index (χ3v) is 5.63. The Morgan fingerprint density at radius 1 is 0.700 bits per heavy atom. The van der Waals surface area contributed by atoms with Crippen molar-refractivity contribution in [1.29, 1.82) is 0 Å². The van der Waals surface area contributed by atoms with Crippen LogP contribution in [0.2, 0.25) is 0 Å². The smallest absolute Gasteiger partial charge is 0.387 e. The summed E-state index contributed by atoms with van der Waals surface area (Å²) in [5, 5.41) is 4.93. The van der Waals surface area contributed by atoms with Crippen LogP contribution in [0.3, 0.4) is 0 Å². The predicted octanol–water partition coefficient (Wildman–Crippen LogP) is 8.38. The number of hydrogen-bond acceptors (Lipinski definition) is 1. The SMILES string of the molecule is CCCCCCc1ccc2c(ccc3cc(-c4ccc(OC(F)F)cc4)ccc32)c1. The molecule has 0 bridgehead atoms. The lowest BCUT2D eigenvalue weighted by atomic mass is 9.95. The molecular weight excluding hydrogens is 378 g/mol. The Kier molecular flexibility index (Phi) is 6.27. The first kappa shape index (κ1) is 20.3. The van der Waals surface area contributed by atoms with Crippen molar-refractivity contribution >= 4 is 21.5 Å². The summed E-state index contributed by atoms with van der Waals surface area (Å²) in [6, 6.07) is 24.3. The van der Waals surface area contributed by atoms with Gasteiger partial charge in [0, 0.05) is 0 Å². The van der Waals surface area contributed by atoms with E-state index in [0.717, 1.165) is 17.5 Å². The van der Waals surface area contributed by atoms with E-state index in [1.165, 1.54) is 52.8 Å². The summed E-state index contributed by atoms with van der Waals surface area (Å²) in [5.41, 5.74) is 3.43. The highest BCUT2D eigenvalue weighted by Crippen LogP contribution is 2.31. The molecule has 0 heterocycles. The molecular formula is C27H26F2O. The second-order valence-corrected chi connectivity index (χ2v) is 7.77. The van der Waals surface area contributed by atoms with Crippen LogP contribution < -0.4 is 4.74 Å². The van der Waals surface area contributed by atoms with E-state index >= 15 is 0 Å². The van der Waals surface area contributed by atoms with Gasteiger partial charge in [0.05, 0.1) is 0 Å². The van der Waals surface area contributed by atoms with Gasteiger partial charge < -0.3 is 4.74 Å². The molecule has 30 heavy (non-hydrogen) atoms. The fourth-order valence-corrected chi connectivity index (χ4v) is 4.04. The lowest BCUT2D eigenvalue weighted by Gasteiger charge is -2.10. The zero-order valence-corrected chi connectivity index (χ0v) is 17.2. The van der Waals surface area contributed by atoms with E-state index in [2.05, 4.69) is 60.2 Å². The van der Waals surface area contributed by atoms with Gasteiger partial charge in [-0.1, -0.05) is 80.8 Å². The van der Waals surface area contributed by atoms with E-state index in [4.69, 9.17) is 0 Å². The van der Waals surface area contributed by atoms with Crippen LogP contribution in [0.25, 0.3) is 32.7 Å². The highest BCUT2D eigenvalue weighted by atomic mass is 19.3. The third kappa shape index (κ3) is 4.62. The molecule has 4 aromatic rings. The normalized spacial score (nSPS) is 11.5. The number of hydrogen-bond donors (Lipinski definition) is 0. The van der Waals surface area contributed by atoms with E-state index in [9.17, 15) is 8.78 Å². The molecule has 0 fully saturated rings. The summed E-state index contributed by atoms with van der Waals surface area (Å²) in [4.78, 5) is 0. The molecule has 0 N–H and O–H groups in total. The molecule has 4 rings (SSSR count). The molecule has 0 atom stereocenters. The van der Waals surface area contributed by atoms with Crippen molar-refractivity contribution in [3.63, 3.8) is 0 Å². The second-order valence-electron chi connectivity index (χ2n) is 7.77. The van der Waals surface area contributed by atoms with Gasteiger partial charge in [0.1, 0.15) is 5.75 Å². The highest BCUT2D eigenvalue weighted by Gasteiger charge is 2.07. The van der Waals surface area contributed by atoms with Crippen LogP contribution in [-0.4, -0.2) is 6.61 Å². The number of halogens is 2. The third-order valence-electron chi connectivity index (χ3n) is 5.63. The van der Waals surface area contributed by atoms with Crippen molar-refractivity contribution in [2.45, 2.75) is 45.6 Å². The maximum Gasteiger partial charge on any atom is 0.387 e. The van der Waals surface area contributed by atoms with Gasteiger partial charge in [0.25, 0.3) is 0 Å². The van der Waals surface area contributed by atoms with Gasteiger partial charge in [0.2, 0.25) is 0 Å². The second kappa shape index (κ2) is 9.25. The number of rotatable bonds is 8. The van der Waals surface area contributed by atoms with Gasteiger partial charge in [0.15, 0.2) is 0 Å². The van der Waals surface area contributed by atoms with E-state index in [1.807, 2.05) is 12.1 Å². The number of aryl methyl sites for hydroxylation is 1. The minimum Gasteiger partial charge on any atom is -0.435 e. The average Bonchev–Trinajstić information content (AvgIpc) is 2.76. The quantitative estimate of drug-likeness (QED) is 0.212. The largest absolute Gasteiger partial charge is 0.435 e. The van der Waals surface area contributed by atoms with Crippen molar-refractivity contribution in [2.24, 2.45) is 0 Å². The molecule has 0 amide bonds. The molecule has 154 valence electrons. The lowest BCUT2D eigenvalue weighted by molar-refractivity contribution is -0.0498. The molecule has 0 aromatic heterocycles. The molecule has 0 saturated heterocycles. The molecule has 0 aliphatic carbocycles. The summed E-state index contributed by atoms with van der Waals surface area (Å²) in [6.45, 7) is -0.564. The number of unbranched alkanes of at least 4 members (excludes halogenated alkanes) is 3. The minimum absolute atomic E-state index is 0.172. The molecule has 0 aliphatic rings. The Morgan fingerprint density at radius 3 is 2.07 bits per heavy atom. The zero-order valence-electron chi connectivity index (χ0n) is 17.2. The fourth-order valence-electron chi connectivity index (χ4n) is 4.04. The van der Waals surface area contributed by atoms with Crippen molar-refractivity contribution in [3.05, 3.63) is 78.4 Å². The number of fused-ring (bicyclic) bond motifs is 3. The van der Waals surface area contributed by atoms with E-state index in [1.54, 1.807) is 12.1 Å². The molecule has 3 heteroatoms. The average molecular weight is 405 g/mol. The molecule has 0 aliphatic heterocycles. The Balaban J connectivity index is 1.59. The first-order chi connectivity index (χ1) is 14.6. The highest BCUT2D eigenvalue weighted by molar-refractivity contribution is 6.08. The topological polar surface area (TPSA) is 9.23 Å². The molecule has 4 aromatic carbocycles. The van der Waals surface area contributed by atoms with Crippen molar-refractivity contribution in [1.82, 2.24) is 0 Å². The van der Waals surface area contributed by atoms with E-state index < -0.39 is 6.61 Å². The van der Waals surface area contributed by atoms with Crippen molar-refractivity contribution < 1.29 is 13.5 Å². The first-order valence-corrected chi connectivity index (χ1v) is 10.6. The van der Waals surface area contributed by atoms with Gasteiger partial charge in [-0.2, -0.15) is 8.78 Å². The fraction of sp³-hybridized carbons (Fsp3) is 0.259. The van der Waals surface area contributed by atoms with Crippen LogP contribution in [-0.2, 0) is 6.42 Å². The molecule has 0 unspecified atom stereocenters. The maximum atomic E-state index is 12.3. The van der Waals surface area contributed by atoms with E-state index in [-0.39, 0.29) is 5.75 Å². The molecule has 0 spiro atoms. The first-order valence-electron chi connectivity index (χ1n) is 10.6. The van der Waals surface area contributed by atoms with Crippen molar-refractivity contribution in [3.8, 4) is 16.9 Å². The summed E-state index contributed by atoms with van der Waals surface area (Å²) >= 11 is 0. The van der Waals surface area contributed by atoms with Crippen LogP contribution in [0.15, 0.2) is 72.8 Å². The zero-order chi connectivity index (χ0) is 20.9. The lowest BCUT2D eigenvalue weighted by Crippen LogP contribution is -2.01. The standard InChI is InChI=1S/C27H26F2O/c1-2-3-4-5-6-19-7-15-25-22(17-19)8-9-23-18-21(12-16-26(23)25)20-10-13-24(14-11-20)30-27(28)29/h7-18,27H,2-6H2,1H3. The van der Waals surface area contributed by atoms with Gasteiger partial charge >= 0.3 is 6.61 Å². The van der Waals surface area contributed by atoms with Crippen LogP contribution >= 0.6 is 0 Å². The Labute approximate surface area is 176 Å². The van der Waals surface area contributed by atoms with Gasteiger partial charge in [-0.3, -0.25) is 0 Å². The summed E-state index contributed by atoms with van der Waals surface area (Å²) < 4.78 is 29.1. The summed E-state index contributed by atoms with van der Waals surface area (Å²) in [5.74, 6) is 0.172. The van der Waals surface area contributed by atoms with Gasteiger partial charge in [-0.25, -0.2) is 0 Å². The van der Waals surface area contributed by atoms with E-state index in [0.29, 0.717) is 0 Å². The summed E-state index contributed by atoms with van der Waals surface area (Å²) in [7, 11) is 0. The maximum absolute atomic E-state index is 12.3. The Bertz CT molecular complexity index is 1130. The number of ether oxygens (including phenoxy) is 1. The van der Waals surface area contributed by atoms with Crippen LogP contribution in [0, 0.1) is 0 Å². The Hall–Kier alpha value is -2.94. The summed E-state index contributed by atoms with van der Waals surface area (Å²) in [6.07, 6.45) is 6.25. The van der Waals surface area contributed by atoms with Crippen molar-refractivity contribution in [2.75, 3.05) is 0 Å². The number of benzene rings is 4. The molecule has 1 nitrogen and oxygen atoms in total. The predicted molar refractivity (Wildman–Crippen MR) is 121 cm³/mol. The monoisotopic (exact) mass is 404 g/mol. The number of alkyl halides is 2. The van der Waals surface area contributed by atoms with Gasteiger partial charge in [-0.15, -0.1) is 0 Å². The Morgan fingerprint density at radius 2 is 1.37 bits per heavy atom.